The van der Waals surface area contributed by atoms with Crippen molar-refractivity contribution in [1.29, 1.82) is 0 Å². The molecule has 0 aliphatic rings. The molecular weight excluding hydrogens is 196 g/mol. The van der Waals surface area contributed by atoms with Gasteiger partial charge >= 0.3 is 0 Å². The van der Waals surface area contributed by atoms with Gasteiger partial charge in [-0.1, -0.05) is 0 Å². The smallest absolute Gasteiger partial charge is 0.254 e. The van der Waals surface area contributed by atoms with Crippen LogP contribution in [-0.4, -0.2) is 28.7 Å². The first-order chi connectivity index (χ1) is 7.11. The van der Waals surface area contributed by atoms with Crippen molar-refractivity contribution in [1.82, 2.24) is 4.98 Å². The van der Waals surface area contributed by atoms with Crippen LogP contribution in [0.2, 0.25) is 0 Å². The summed E-state index contributed by atoms with van der Waals surface area (Å²) in [5.41, 5.74) is 5.39. The lowest BCUT2D eigenvalue weighted by atomic mass is 10.2. The molecule has 1 unspecified atom stereocenters. The minimum atomic E-state index is -0.574. The zero-order chi connectivity index (χ0) is 11.3. The number of rotatable bonds is 5. The van der Waals surface area contributed by atoms with E-state index < -0.39 is 12.0 Å². The van der Waals surface area contributed by atoms with E-state index in [9.17, 15) is 4.79 Å². The van der Waals surface area contributed by atoms with E-state index in [4.69, 9.17) is 15.6 Å². The van der Waals surface area contributed by atoms with Gasteiger partial charge in [-0.25, -0.2) is 0 Å². The first-order valence-electron chi connectivity index (χ1n) is 4.66. The molecule has 0 saturated heterocycles. The van der Waals surface area contributed by atoms with Gasteiger partial charge in [-0.05, 0) is 13.0 Å². The normalized spacial score (nSPS) is 12.1. The molecule has 0 radical (unpaired) electrons. The molecule has 0 bridgehead atoms. The number of hydrogen-bond donors (Lipinski definition) is 2. The van der Waals surface area contributed by atoms with Gasteiger partial charge in [0.1, 0.15) is 5.75 Å². The van der Waals surface area contributed by atoms with Gasteiger partial charge in [0.15, 0.2) is 0 Å². The highest BCUT2D eigenvalue weighted by atomic mass is 16.5. The number of primary amides is 1. The highest BCUT2D eigenvalue weighted by molar-refractivity contribution is 5.95. The number of amides is 1. The Kier molecular flexibility index (Phi) is 4.05. The molecule has 1 rings (SSSR count). The largest absolute Gasteiger partial charge is 0.493 e. The first-order valence-corrected chi connectivity index (χ1v) is 4.66. The molecule has 0 aliphatic carbocycles. The van der Waals surface area contributed by atoms with Gasteiger partial charge < -0.3 is 15.6 Å². The van der Waals surface area contributed by atoms with Crippen LogP contribution in [0.15, 0.2) is 18.5 Å². The third-order valence-corrected chi connectivity index (χ3v) is 1.84. The van der Waals surface area contributed by atoms with Gasteiger partial charge in [-0.15, -0.1) is 0 Å². The van der Waals surface area contributed by atoms with Crippen molar-refractivity contribution < 1.29 is 14.6 Å². The van der Waals surface area contributed by atoms with Crippen molar-refractivity contribution >= 4 is 5.91 Å². The molecule has 0 spiro atoms. The lowest BCUT2D eigenvalue weighted by Gasteiger charge is -2.09. The number of nitrogens with two attached hydrogens (primary N) is 1. The number of carbonyl (C=O) groups is 1. The Morgan fingerprint density at radius 2 is 2.47 bits per heavy atom. The second-order valence-electron chi connectivity index (χ2n) is 3.22. The molecule has 5 nitrogen and oxygen atoms in total. The second-order valence-corrected chi connectivity index (χ2v) is 3.22. The third kappa shape index (κ3) is 3.55. The summed E-state index contributed by atoms with van der Waals surface area (Å²) in [6, 6.07) is 1.57. The monoisotopic (exact) mass is 210 g/mol. The molecule has 1 atom stereocenters. The van der Waals surface area contributed by atoms with Crippen molar-refractivity contribution in [2.24, 2.45) is 5.73 Å². The van der Waals surface area contributed by atoms with Crippen molar-refractivity contribution in [3.05, 3.63) is 24.0 Å². The highest BCUT2D eigenvalue weighted by Gasteiger charge is 2.08. The Hall–Kier alpha value is -1.62. The molecule has 82 valence electrons. The van der Waals surface area contributed by atoms with Crippen LogP contribution < -0.4 is 10.5 Å². The van der Waals surface area contributed by atoms with Crippen LogP contribution in [0.25, 0.3) is 0 Å². The third-order valence-electron chi connectivity index (χ3n) is 1.84. The topological polar surface area (TPSA) is 85.4 Å². The van der Waals surface area contributed by atoms with Gasteiger partial charge in [0.05, 0.1) is 18.3 Å². The number of pyridine rings is 1. The van der Waals surface area contributed by atoms with E-state index in [0.717, 1.165) is 0 Å². The van der Waals surface area contributed by atoms with Gasteiger partial charge in [0.2, 0.25) is 0 Å². The summed E-state index contributed by atoms with van der Waals surface area (Å²) in [7, 11) is 0. The first kappa shape index (κ1) is 11.5. The van der Waals surface area contributed by atoms with Crippen LogP contribution in [0.3, 0.4) is 0 Å². The van der Waals surface area contributed by atoms with Crippen LogP contribution in [0, 0.1) is 0 Å². The molecule has 1 aromatic rings. The number of ether oxygens (including phenoxy) is 1. The average Bonchev–Trinajstić information content (AvgIpc) is 2.17. The van der Waals surface area contributed by atoms with Gasteiger partial charge in [-0.2, -0.15) is 0 Å². The second kappa shape index (κ2) is 5.31. The standard InChI is InChI=1S/C10H14N2O3/c1-7(13)3-5-15-9-2-4-12-6-8(9)10(11)14/h2,4,6-7,13H,3,5H2,1H3,(H2,11,14). The number of aliphatic hydroxyl groups excluding tert-OH is 1. The predicted molar refractivity (Wildman–Crippen MR) is 54.5 cm³/mol. The molecule has 0 aromatic carbocycles. The van der Waals surface area contributed by atoms with Crippen LogP contribution in [-0.2, 0) is 0 Å². The number of carbonyl (C=O) groups excluding carboxylic acids is 1. The Morgan fingerprint density at radius 3 is 3.07 bits per heavy atom. The van der Waals surface area contributed by atoms with E-state index in [1.165, 1.54) is 12.4 Å². The molecule has 0 fully saturated rings. The molecule has 1 aromatic heterocycles. The lowest BCUT2D eigenvalue weighted by Crippen LogP contribution is -2.14. The molecule has 5 heteroatoms. The maximum atomic E-state index is 11.0. The van der Waals surface area contributed by atoms with E-state index >= 15 is 0 Å². The summed E-state index contributed by atoms with van der Waals surface area (Å²) < 4.78 is 5.31. The van der Waals surface area contributed by atoms with Gasteiger partial charge in [-0.3, -0.25) is 9.78 Å². The fourth-order valence-electron chi connectivity index (χ4n) is 1.03. The summed E-state index contributed by atoms with van der Waals surface area (Å²) in [5.74, 6) is -0.173. The van der Waals surface area contributed by atoms with Gasteiger partial charge in [0.25, 0.3) is 5.91 Å². The van der Waals surface area contributed by atoms with E-state index in [1.807, 2.05) is 0 Å². The van der Waals surface area contributed by atoms with Crippen LogP contribution in [0.1, 0.15) is 23.7 Å². The minimum absolute atomic E-state index is 0.253. The summed E-state index contributed by atoms with van der Waals surface area (Å²) in [6.07, 6.45) is 2.95. The molecular formula is C10H14N2O3. The van der Waals surface area contributed by atoms with E-state index in [1.54, 1.807) is 13.0 Å². The van der Waals surface area contributed by atoms with E-state index in [0.29, 0.717) is 18.8 Å². The van der Waals surface area contributed by atoms with E-state index in [2.05, 4.69) is 4.98 Å². The predicted octanol–water partition coefficient (Wildman–Crippen LogP) is 0.330. The SMILES string of the molecule is CC(O)CCOc1ccncc1C(N)=O. The maximum Gasteiger partial charge on any atom is 0.254 e. The number of aliphatic hydroxyl groups is 1. The minimum Gasteiger partial charge on any atom is -0.493 e. The lowest BCUT2D eigenvalue weighted by molar-refractivity contribution is 0.0995. The van der Waals surface area contributed by atoms with Crippen molar-refractivity contribution in [3.8, 4) is 5.75 Å². The number of nitrogens with zero attached hydrogens (tertiary/aromatic N) is 1. The zero-order valence-electron chi connectivity index (χ0n) is 8.51. The van der Waals surface area contributed by atoms with Gasteiger partial charge in [0, 0.05) is 18.8 Å². The summed E-state index contributed by atoms with van der Waals surface area (Å²) >= 11 is 0. The number of hydrogen-bond acceptors (Lipinski definition) is 4. The van der Waals surface area contributed by atoms with Crippen molar-refractivity contribution in [2.45, 2.75) is 19.4 Å². The summed E-state index contributed by atoms with van der Waals surface area (Å²) in [4.78, 5) is 14.8. The summed E-state index contributed by atoms with van der Waals surface area (Å²) in [5, 5.41) is 9.02. The number of aromatic nitrogens is 1. The Labute approximate surface area is 87.9 Å². The van der Waals surface area contributed by atoms with Crippen LogP contribution in [0.4, 0.5) is 0 Å². The van der Waals surface area contributed by atoms with Crippen molar-refractivity contribution in [2.75, 3.05) is 6.61 Å². The maximum absolute atomic E-state index is 11.0. The highest BCUT2D eigenvalue weighted by Crippen LogP contribution is 2.15. The Morgan fingerprint density at radius 1 is 1.73 bits per heavy atom. The zero-order valence-corrected chi connectivity index (χ0v) is 8.51. The fraction of sp³-hybridized carbons (Fsp3) is 0.400. The molecule has 1 amide bonds. The molecule has 15 heavy (non-hydrogen) atoms. The fourth-order valence-corrected chi connectivity index (χ4v) is 1.03. The summed E-state index contributed by atoms with van der Waals surface area (Å²) in [6.45, 7) is 2.01. The quantitative estimate of drug-likeness (QED) is 0.733. The molecule has 3 N–H and O–H groups in total. The molecule has 0 saturated carbocycles. The van der Waals surface area contributed by atoms with Crippen LogP contribution >= 0.6 is 0 Å². The average molecular weight is 210 g/mol. The molecule has 0 aliphatic heterocycles. The van der Waals surface area contributed by atoms with Crippen LogP contribution in [0.5, 0.6) is 5.75 Å². The van der Waals surface area contributed by atoms with E-state index in [-0.39, 0.29) is 5.56 Å². The molecule has 1 heterocycles. The Balaban J connectivity index is 2.63. The van der Waals surface area contributed by atoms with Crippen molar-refractivity contribution in [3.63, 3.8) is 0 Å². The Bertz CT molecular complexity index is 339.